The molecule has 1 aromatic rings. The lowest BCUT2D eigenvalue weighted by Gasteiger charge is -2.36. The molecule has 0 bridgehead atoms. The van der Waals surface area contributed by atoms with Crippen molar-refractivity contribution in [3.63, 3.8) is 0 Å². The minimum absolute atomic E-state index is 0.139. The summed E-state index contributed by atoms with van der Waals surface area (Å²) in [7, 11) is 2.03. The first kappa shape index (κ1) is 13.4. The molecule has 2 rings (SSSR count). The van der Waals surface area contributed by atoms with Crippen LogP contribution in [0.3, 0.4) is 0 Å². The third-order valence-corrected chi connectivity index (χ3v) is 5.11. The van der Waals surface area contributed by atoms with Crippen LogP contribution in [0.2, 0.25) is 0 Å². The molecule has 1 fully saturated rings. The lowest BCUT2D eigenvalue weighted by molar-refractivity contribution is 0.218. The fourth-order valence-electron chi connectivity index (χ4n) is 2.39. The van der Waals surface area contributed by atoms with Crippen LogP contribution >= 0.6 is 11.8 Å². The molecule has 0 amide bonds. The molecule has 18 heavy (non-hydrogen) atoms. The van der Waals surface area contributed by atoms with Gasteiger partial charge in [-0.1, -0.05) is 0 Å². The van der Waals surface area contributed by atoms with E-state index in [0.717, 1.165) is 44.7 Å². The van der Waals surface area contributed by atoms with Gasteiger partial charge in [0, 0.05) is 45.5 Å². The van der Waals surface area contributed by atoms with Gasteiger partial charge in [0.15, 0.2) is 0 Å². The molecule has 1 aliphatic heterocycles. The topological polar surface area (TPSA) is 44.9 Å². The maximum atomic E-state index is 9.24. The number of aryl methyl sites for hydroxylation is 1. The van der Waals surface area contributed by atoms with E-state index < -0.39 is 0 Å². The van der Waals surface area contributed by atoms with Crippen molar-refractivity contribution in [2.24, 2.45) is 7.05 Å². The summed E-state index contributed by atoms with van der Waals surface area (Å²) in [5, 5.41) is 9.24. The third kappa shape index (κ3) is 2.88. The van der Waals surface area contributed by atoms with Crippen molar-refractivity contribution < 1.29 is 0 Å². The van der Waals surface area contributed by atoms with E-state index in [-0.39, 0.29) is 4.75 Å². The largest absolute Gasteiger partial charge is 0.338 e. The number of aromatic nitrogens is 2. The summed E-state index contributed by atoms with van der Waals surface area (Å²) in [4.78, 5) is 6.79. The molecule has 0 N–H and O–H groups in total. The first-order valence-electron chi connectivity index (χ1n) is 6.34. The maximum Gasteiger partial charge on any atom is 0.109 e. The van der Waals surface area contributed by atoms with E-state index in [1.54, 1.807) is 11.8 Å². The second-order valence-electron chi connectivity index (χ2n) is 4.86. The van der Waals surface area contributed by atoms with Crippen LogP contribution in [-0.2, 0) is 13.5 Å². The van der Waals surface area contributed by atoms with Gasteiger partial charge >= 0.3 is 0 Å². The van der Waals surface area contributed by atoms with E-state index in [2.05, 4.69) is 20.5 Å². The Kier molecular flexibility index (Phi) is 4.31. The second kappa shape index (κ2) is 5.77. The van der Waals surface area contributed by atoms with Gasteiger partial charge in [-0.15, -0.1) is 11.8 Å². The van der Waals surface area contributed by atoms with E-state index in [9.17, 15) is 5.26 Å². The molecule has 1 aliphatic rings. The Morgan fingerprint density at radius 2 is 2.22 bits per heavy atom. The van der Waals surface area contributed by atoms with E-state index >= 15 is 0 Å². The number of nitriles is 1. The lowest BCUT2D eigenvalue weighted by Crippen LogP contribution is -2.42. The van der Waals surface area contributed by atoms with Crippen LogP contribution in [0.15, 0.2) is 12.4 Å². The quantitative estimate of drug-likeness (QED) is 0.830. The van der Waals surface area contributed by atoms with E-state index in [4.69, 9.17) is 0 Å². The van der Waals surface area contributed by atoms with E-state index in [0.29, 0.717) is 0 Å². The molecule has 0 atom stereocenters. The van der Waals surface area contributed by atoms with Crippen LogP contribution in [0.1, 0.15) is 18.7 Å². The zero-order chi connectivity index (χ0) is 13.0. The molecule has 4 nitrogen and oxygen atoms in total. The summed E-state index contributed by atoms with van der Waals surface area (Å²) in [6.45, 7) is 3.10. The fourth-order valence-corrected chi connectivity index (χ4v) is 3.08. The van der Waals surface area contributed by atoms with E-state index in [1.807, 2.05) is 25.7 Å². The van der Waals surface area contributed by atoms with Crippen molar-refractivity contribution in [1.29, 1.82) is 5.26 Å². The highest BCUT2D eigenvalue weighted by Crippen LogP contribution is 2.33. The van der Waals surface area contributed by atoms with Crippen molar-refractivity contribution in [2.45, 2.75) is 24.0 Å². The van der Waals surface area contributed by atoms with Crippen molar-refractivity contribution in [3.05, 3.63) is 18.2 Å². The predicted octanol–water partition coefficient (Wildman–Crippen LogP) is 1.68. The number of nitrogens with zero attached hydrogens (tertiary/aromatic N) is 4. The molecule has 1 saturated heterocycles. The minimum atomic E-state index is -0.139. The fraction of sp³-hybridized carbons (Fsp3) is 0.692. The molecule has 0 radical (unpaired) electrons. The molecule has 0 aromatic carbocycles. The summed E-state index contributed by atoms with van der Waals surface area (Å²) >= 11 is 1.71. The van der Waals surface area contributed by atoms with Crippen LogP contribution in [0.5, 0.6) is 0 Å². The van der Waals surface area contributed by atoms with Crippen LogP contribution < -0.4 is 0 Å². The van der Waals surface area contributed by atoms with Gasteiger partial charge < -0.3 is 9.47 Å². The number of hydrogen-bond acceptors (Lipinski definition) is 4. The molecule has 2 heterocycles. The summed E-state index contributed by atoms with van der Waals surface area (Å²) in [5.41, 5.74) is 0. The molecular formula is C13H20N4S. The summed E-state index contributed by atoms with van der Waals surface area (Å²) in [6.07, 6.45) is 8.82. The smallest absolute Gasteiger partial charge is 0.109 e. The van der Waals surface area contributed by atoms with Gasteiger partial charge in [0.2, 0.25) is 0 Å². The molecule has 0 unspecified atom stereocenters. The average Bonchev–Trinajstić information content (AvgIpc) is 2.83. The molecule has 0 spiro atoms. The Balaban J connectivity index is 1.81. The number of piperidine rings is 1. The number of imidazole rings is 1. The van der Waals surface area contributed by atoms with Gasteiger partial charge in [0.05, 0.1) is 6.07 Å². The SMILES string of the molecule is CSC1(C#N)CCN(CCc2nccn2C)CC1. The molecular weight excluding hydrogens is 244 g/mol. The molecule has 98 valence electrons. The number of thioether (sulfide) groups is 1. The Bertz CT molecular complexity index is 426. The lowest BCUT2D eigenvalue weighted by atomic mass is 9.97. The van der Waals surface area contributed by atoms with Gasteiger partial charge in [-0.3, -0.25) is 0 Å². The highest BCUT2D eigenvalue weighted by molar-refractivity contribution is 8.00. The molecule has 0 aliphatic carbocycles. The first-order chi connectivity index (χ1) is 8.69. The van der Waals surface area contributed by atoms with E-state index in [1.165, 1.54) is 0 Å². The van der Waals surface area contributed by atoms with Crippen molar-refractivity contribution in [1.82, 2.24) is 14.5 Å². The van der Waals surface area contributed by atoms with Crippen LogP contribution in [0, 0.1) is 11.3 Å². The number of likely N-dealkylation sites (tertiary alicyclic amines) is 1. The molecule has 1 aromatic heterocycles. The van der Waals surface area contributed by atoms with Crippen molar-refractivity contribution >= 4 is 11.8 Å². The highest BCUT2D eigenvalue weighted by Gasteiger charge is 2.33. The van der Waals surface area contributed by atoms with Gasteiger partial charge in [-0.25, -0.2) is 4.98 Å². The monoisotopic (exact) mass is 264 g/mol. The van der Waals surface area contributed by atoms with Crippen LogP contribution in [-0.4, -0.2) is 45.1 Å². The Labute approximate surface area is 113 Å². The number of hydrogen-bond donors (Lipinski definition) is 0. The second-order valence-corrected chi connectivity index (χ2v) is 6.05. The summed E-state index contributed by atoms with van der Waals surface area (Å²) in [5.74, 6) is 1.14. The van der Waals surface area contributed by atoms with Crippen LogP contribution in [0.25, 0.3) is 0 Å². The minimum Gasteiger partial charge on any atom is -0.338 e. The Morgan fingerprint density at radius 1 is 1.50 bits per heavy atom. The maximum absolute atomic E-state index is 9.24. The third-order valence-electron chi connectivity index (χ3n) is 3.83. The first-order valence-corrected chi connectivity index (χ1v) is 7.56. The van der Waals surface area contributed by atoms with Gasteiger partial charge in [0.25, 0.3) is 0 Å². The van der Waals surface area contributed by atoms with Crippen LogP contribution in [0.4, 0.5) is 0 Å². The van der Waals surface area contributed by atoms with Crippen molar-refractivity contribution in [2.75, 3.05) is 25.9 Å². The predicted molar refractivity (Wildman–Crippen MR) is 74.4 cm³/mol. The molecule has 5 heteroatoms. The summed E-state index contributed by atoms with van der Waals surface area (Å²) < 4.78 is 1.94. The van der Waals surface area contributed by atoms with Gasteiger partial charge in [-0.2, -0.15) is 5.26 Å². The standard InChI is InChI=1S/C13H20N4S/c1-16-10-6-15-12(16)3-7-17-8-4-13(11-14,18-2)5-9-17/h6,10H,3-5,7-9H2,1-2H3. The molecule has 0 saturated carbocycles. The zero-order valence-electron chi connectivity index (χ0n) is 11.1. The highest BCUT2D eigenvalue weighted by atomic mass is 32.2. The normalized spacial score (nSPS) is 19.6. The van der Waals surface area contributed by atoms with Crippen molar-refractivity contribution in [3.8, 4) is 6.07 Å². The number of rotatable bonds is 4. The average molecular weight is 264 g/mol. The summed E-state index contributed by atoms with van der Waals surface area (Å²) in [6, 6.07) is 2.49. The van der Waals surface area contributed by atoms with Gasteiger partial charge in [-0.05, 0) is 19.1 Å². The van der Waals surface area contributed by atoms with Gasteiger partial charge in [0.1, 0.15) is 10.6 Å². The Hall–Kier alpha value is -0.990. The Morgan fingerprint density at radius 3 is 2.72 bits per heavy atom. The zero-order valence-corrected chi connectivity index (χ0v) is 11.9.